The standard InChI is InChI=1S/C18H21N3O5/c1-11-10-16(21-26-11)20-18(24)12(2)19-17(23)9-8-15(22)13-4-6-14(25-3)7-5-13/h4-7,10,12H,8-9H2,1-3H3,(H,19,23)(H,20,21,24). The number of ether oxygens (including phenoxy) is 1. The molecule has 1 heterocycles. The number of carbonyl (C=O) groups is 3. The Morgan fingerprint density at radius 3 is 2.46 bits per heavy atom. The van der Waals surface area contributed by atoms with Crippen LogP contribution in [0.3, 0.4) is 0 Å². The van der Waals surface area contributed by atoms with Gasteiger partial charge in [0.15, 0.2) is 11.6 Å². The van der Waals surface area contributed by atoms with Crippen LogP contribution in [-0.2, 0) is 9.59 Å². The van der Waals surface area contributed by atoms with Gasteiger partial charge in [-0.1, -0.05) is 5.16 Å². The smallest absolute Gasteiger partial charge is 0.247 e. The maximum absolute atomic E-state index is 12.1. The number of hydrogen-bond donors (Lipinski definition) is 2. The van der Waals surface area contributed by atoms with Gasteiger partial charge in [0, 0.05) is 24.5 Å². The molecule has 0 radical (unpaired) electrons. The number of benzene rings is 1. The van der Waals surface area contributed by atoms with Gasteiger partial charge in [-0.15, -0.1) is 0 Å². The van der Waals surface area contributed by atoms with Crippen molar-refractivity contribution in [3.05, 3.63) is 41.7 Å². The van der Waals surface area contributed by atoms with E-state index in [1.165, 1.54) is 0 Å². The summed E-state index contributed by atoms with van der Waals surface area (Å²) < 4.78 is 9.88. The van der Waals surface area contributed by atoms with Gasteiger partial charge in [0.25, 0.3) is 0 Å². The number of ketones is 1. The predicted octanol–water partition coefficient (Wildman–Crippen LogP) is 2.10. The second-order valence-corrected chi connectivity index (χ2v) is 5.75. The molecule has 0 aliphatic carbocycles. The van der Waals surface area contributed by atoms with Gasteiger partial charge in [-0.2, -0.15) is 0 Å². The van der Waals surface area contributed by atoms with Crippen molar-refractivity contribution in [2.24, 2.45) is 0 Å². The number of carbonyl (C=O) groups excluding carboxylic acids is 3. The number of Topliss-reactive ketones (excluding diaryl/α,β-unsaturated/α-hetero) is 1. The number of aromatic nitrogens is 1. The highest BCUT2D eigenvalue weighted by atomic mass is 16.5. The lowest BCUT2D eigenvalue weighted by molar-refractivity contribution is -0.126. The normalized spacial score (nSPS) is 11.5. The van der Waals surface area contributed by atoms with Crippen LogP contribution in [0.4, 0.5) is 5.82 Å². The van der Waals surface area contributed by atoms with Crippen molar-refractivity contribution in [2.75, 3.05) is 12.4 Å². The van der Waals surface area contributed by atoms with Gasteiger partial charge >= 0.3 is 0 Å². The summed E-state index contributed by atoms with van der Waals surface area (Å²) in [6.07, 6.45) is 0.0422. The zero-order chi connectivity index (χ0) is 19.1. The van der Waals surface area contributed by atoms with Crippen LogP contribution in [0.2, 0.25) is 0 Å². The van der Waals surface area contributed by atoms with Gasteiger partial charge in [0.2, 0.25) is 11.8 Å². The Morgan fingerprint density at radius 1 is 1.19 bits per heavy atom. The largest absolute Gasteiger partial charge is 0.497 e. The number of methoxy groups -OCH3 is 1. The third kappa shape index (κ3) is 5.44. The third-order valence-corrected chi connectivity index (χ3v) is 3.64. The Hall–Kier alpha value is -3.16. The Kier molecular flexibility index (Phi) is 6.48. The van der Waals surface area contributed by atoms with E-state index in [2.05, 4.69) is 15.8 Å². The molecular weight excluding hydrogens is 338 g/mol. The number of rotatable bonds is 8. The van der Waals surface area contributed by atoms with Crippen LogP contribution in [0, 0.1) is 6.92 Å². The quantitative estimate of drug-likeness (QED) is 0.698. The fraction of sp³-hybridized carbons (Fsp3) is 0.333. The summed E-state index contributed by atoms with van der Waals surface area (Å²) in [6, 6.07) is 7.47. The van der Waals surface area contributed by atoms with Crippen molar-refractivity contribution >= 4 is 23.4 Å². The number of hydrogen-bond acceptors (Lipinski definition) is 6. The lowest BCUT2D eigenvalue weighted by atomic mass is 10.1. The molecule has 0 fully saturated rings. The number of amides is 2. The zero-order valence-electron chi connectivity index (χ0n) is 14.9. The van der Waals surface area contributed by atoms with Crippen molar-refractivity contribution in [2.45, 2.75) is 32.7 Å². The highest BCUT2D eigenvalue weighted by Gasteiger charge is 2.18. The van der Waals surface area contributed by atoms with Crippen molar-refractivity contribution < 1.29 is 23.6 Å². The first-order valence-corrected chi connectivity index (χ1v) is 8.10. The SMILES string of the molecule is COc1ccc(C(=O)CCC(=O)NC(C)C(=O)Nc2cc(C)on2)cc1. The Labute approximate surface area is 150 Å². The topological polar surface area (TPSA) is 111 Å². The number of nitrogens with zero attached hydrogens (tertiary/aromatic N) is 1. The van der Waals surface area contributed by atoms with Crippen LogP contribution in [0.15, 0.2) is 34.9 Å². The molecule has 8 heteroatoms. The molecule has 1 aromatic carbocycles. The summed E-state index contributed by atoms with van der Waals surface area (Å²) in [4.78, 5) is 36.0. The highest BCUT2D eigenvalue weighted by Crippen LogP contribution is 2.13. The van der Waals surface area contributed by atoms with Gasteiger partial charge in [0.1, 0.15) is 17.6 Å². The summed E-state index contributed by atoms with van der Waals surface area (Å²) in [5, 5.41) is 8.73. The van der Waals surface area contributed by atoms with E-state index >= 15 is 0 Å². The molecule has 1 aromatic heterocycles. The molecule has 2 N–H and O–H groups in total. The van der Waals surface area contributed by atoms with Crippen molar-refractivity contribution in [3.63, 3.8) is 0 Å². The molecule has 26 heavy (non-hydrogen) atoms. The number of anilines is 1. The van der Waals surface area contributed by atoms with E-state index in [0.717, 1.165) is 0 Å². The second kappa shape index (κ2) is 8.80. The molecule has 0 aliphatic heterocycles. The molecule has 2 rings (SSSR count). The van der Waals surface area contributed by atoms with Crippen LogP contribution in [-0.4, -0.2) is 35.9 Å². The molecule has 138 valence electrons. The molecular formula is C18H21N3O5. The van der Waals surface area contributed by atoms with Gasteiger partial charge in [-0.05, 0) is 38.1 Å². The minimum Gasteiger partial charge on any atom is -0.497 e. The van der Waals surface area contributed by atoms with Crippen LogP contribution in [0.1, 0.15) is 35.9 Å². The monoisotopic (exact) mass is 359 g/mol. The molecule has 0 aliphatic rings. The lowest BCUT2D eigenvalue weighted by Gasteiger charge is -2.12. The van der Waals surface area contributed by atoms with Crippen LogP contribution < -0.4 is 15.4 Å². The summed E-state index contributed by atoms with van der Waals surface area (Å²) in [6.45, 7) is 3.25. The second-order valence-electron chi connectivity index (χ2n) is 5.75. The van der Waals surface area contributed by atoms with Crippen LogP contribution >= 0.6 is 0 Å². The molecule has 1 atom stereocenters. The van der Waals surface area contributed by atoms with Crippen molar-refractivity contribution in [3.8, 4) is 5.75 Å². The van der Waals surface area contributed by atoms with E-state index in [1.54, 1.807) is 51.3 Å². The molecule has 1 unspecified atom stereocenters. The first-order valence-electron chi connectivity index (χ1n) is 8.10. The third-order valence-electron chi connectivity index (χ3n) is 3.64. The molecule has 0 saturated heterocycles. The predicted molar refractivity (Wildman–Crippen MR) is 94.0 cm³/mol. The van der Waals surface area contributed by atoms with E-state index in [9.17, 15) is 14.4 Å². The van der Waals surface area contributed by atoms with Crippen molar-refractivity contribution in [1.82, 2.24) is 10.5 Å². The summed E-state index contributed by atoms with van der Waals surface area (Å²) in [5.74, 6) is 0.538. The number of nitrogens with one attached hydrogen (secondary N) is 2. The zero-order valence-corrected chi connectivity index (χ0v) is 14.9. The summed E-state index contributed by atoms with van der Waals surface area (Å²) in [7, 11) is 1.54. The van der Waals surface area contributed by atoms with Gasteiger partial charge in [0.05, 0.1) is 7.11 Å². The molecule has 0 spiro atoms. The number of aryl methyl sites for hydroxylation is 1. The van der Waals surface area contributed by atoms with Gasteiger partial charge in [-0.3, -0.25) is 14.4 Å². The fourth-order valence-electron chi connectivity index (χ4n) is 2.19. The van der Waals surface area contributed by atoms with Crippen LogP contribution in [0.25, 0.3) is 0 Å². The van der Waals surface area contributed by atoms with E-state index < -0.39 is 11.9 Å². The van der Waals surface area contributed by atoms with E-state index in [-0.39, 0.29) is 30.3 Å². The summed E-state index contributed by atoms with van der Waals surface area (Å²) >= 11 is 0. The Bertz CT molecular complexity index is 782. The minimum atomic E-state index is -0.768. The Morgan fingerprint density at radius 2 is 1.88 bits per heavy atom. The van der Waals surface area contributed by atoms with E-state index in [4.69, 9.17) is 9.26 Å². The summed E-state index contributed by atoms with van der Waals surface area (Å²) in [5.41, 5.74) is 0.505. The maximum atomic E-state index is 12.1. The van der Waals surface area contributed by atoms with Gasteiger partial charge < -0.3 is 19.9 Å². The lowest BCUT2D eigenvalue weighted by Crippen LogP contribution is -2.41. The molecule has 0 saturated carbocycles. The fourth-order valence-corrected chi connectivity index (χ4v) is 2.19. The molecule has 2 amide bonds. The van der Waals surface area contributed by atoms with Crippen LogP contribution in [0.5, 0.6) is 5.75 Å². The average molecular weight is 359 g/mol. The first-order chi connectivity index (χ1) is 12.4. The molecule has 8 nitrogen and oxygen atoms in total. The maximum Gasteiger partial charge on any atom is 0.247 e. The molecule has 2 aromatic rings. The molecule has 0 bridgehead atoms. The van der Waals surface area contributed by atoms with E-state index in [0.29, 0.717) is 17.1 Å². The highest BCUT2D eigenvalue weighted by molar-refractivity contribution is 5.99. The average Bonchev–Trinajstić information content (AvgIpc) is 3.04. The first kappa shape index (κ1) is 19.2. The van der Waals surface area contributed by atoms with E-state index in [1.807, 2.05) is 0 Å². The van der Waals surface area contributed by atoms with Crippen molar-refractivity contribution in [1.29, 1.82) is 0 Å². The van der Waals surface area contributed by atoms with Gasteiger partial charge in [-0.25, -0.2) is 0 Å². The Balaban J connectivity index is 1.77. The minimum absolute atomic E-state index is 0.00838.